The molecule has 0 aliphatic carbocycles. The highest BCUT2D eigenvalue weighted by molar-refractivity contribution is 5.69. The predicted octanol–water partition coefficient (Wildman–Crippen LogP) is 1.80. The molecule has 0 aromatic heterocycles. The van der Waals surface area contributed by atoms with Crippen LogP contribution in [0, 0.1) is 0 Å². The van der Waals surface area contributed by atoms with E-state index >= 15 is 0 Å². The highest BCUT2D eigenvalue weighted by Gasteiger charge is 2.03. The molecule has 1 aromatic carbocycles. The van der Waals surface area contributed by atoms with E-state index < -0.39 is 0 Å². The van der Waals surface area contributed by atoms with Gasteiger partial charge in [0.05, 0.1) is 13.7 Å². The van der Waals surface area contributed by atoms with Crippen molar-refractivity contribution in [1.82, 2.24) is 0 Å². The van der Waals surface area contributed by atoms with Gasteiger partial charge in [0.15, 0.2) is 0 Å². The van der Waals surface area contributed by atoms with Crippen LogP contribution in [0.3, 0.4) is 0 Å². The van der Waals surface area contributed by atoms with Crippen LogP contribution in [0.2, 0.25) is 0 Å². The van der Waals surface area contributed by atoms with Crippen molar-refractivity contribution in [3.8, 4) is 0 Å². The monoisotopic (exact) mass is 220 g/mol. The number of aryl methyl sites for hydroxylation is 1. The van der Waals surface area contributed by atoms with Crippen LogP contribution in [0.15, 0.2) is 30.3 Å². The first kappa shape index (κ1) is 12.5. The van der Waals surface area contributed by atoms with Gasteiger partial charge in [-0.15, -0.1) is 0 Å². The number of hydrogen-bond donors (Lipinski definition) is 1. The third kappa shape index (κ3) is 3.87. The first-order chi connectivity index (χ1) is 7.77. The van der Waals surface area contributed by atoms with Crippen molar-refractivity contribution < 1.29 is 14.6 Å². The van der Waals surface area contributed by atoms with Gasteiger partial charge in [0.1, 0.15) is 0 Å². The molecule has 0 aliphatic rings. The van der Waals surface area contributed by atoms with Crippen molar-refractivity contribution >= 4 is 12.0 Å². The van der Waals surface area contributed by atoms with Gasteiger partial charge in [0.25, 0.3) is 0 Å². The fourth-order valence-corrected chi connectivity index (χ4v) is 1.44. The Morgan fingerprint density at radius 2 is 2.19 bits per heavy atom. The number of rotatable bonds is 5. The second-order valence-corrected chi connectivity index (χ2v) is 3.36. The van der Waals surface area contributed by atoms with Crippen molar-refractivity contribution in [3.63, 3.8) is 0 Å². The van der Waals surface area contributed by atoms with Crippen LogP contribution >= 0.6 is 0 Å². The van der Waals surface area contributed by atoms with Crippen molar-refractivity contribution in [2.45, 2.75) is 12.8 Å². The number of carbonyl (C=O) groups is 1. The SMILES string of the molecule is COC(=O)CCc1ccccc1C=CCO. The molecule has 0 atom stereocenters. The number of methoxy groups -OCH3 is 1. The summed E-state index contributed by atoms with van der Waals surface area (Å²) < 4.78 is 4.60. The number of carbonyl (C=O) groups excluding carboxylic acids is 1. The Bertz CT molecular complexity index is 369. The van der Waals surface area contributed by atoms with Gasteiger partial charge >= 0.3 is 5.97 Å². The van der Waals surface area contributed by atoms with E-state index in [9.17, 15) is 4.79 Å². The summed E-state index contributed by atoms with van der Waals surface area (Å²) in [6.45, 7) is 0.0192. The van der Waals surface area contributed by atoms with Crippen LogP contribution in [0.4, 0.5) is 0 Å². The lowest BCUT2D eigenvalue weighted by molar-refractivity contribution is -0.140. The zero-order valence-corrected chi connectivity index (χ0v) is 9.35. The average Bonchev–Trinajstić information content (AvgIpc) is 2.34. The normalized spacial score (nSPS) is 10.6. The zero-order valence-electron chi connectivity index (χ0n) is 9.35. The van der Waals surface area contributed by atoms with Gasteiger partial charge in [-0.3, -0.25) is 4.79 Å². The Kier molecular flexibility index (Phi) is 5.29. The minimum absolute atomic E-state index is 0.0192. The van der Waals surface area contributed by atoms with Gasteiger partial charge in [-0.05, 0) is 17.5 Å². The fourth-order valence-electron chi connectivity index (χ4n) is 1.44. The number of benzene rings is 1. The van der Waals surface area contributed by atoms with Gasteiger partial charge < -0.3 is 9.84 Å². The molecular formula is C13H16O3. The summed E-state index contributed by atoms with van der Waals surface area (Å²) >= 11 is 0. The largest absolute Gasteiger partial charge is 0.469 e. The minimum atomic E-state index is -0.207. The minimum Gasteiger partial charge on any atom is -0.469 e. The van der Waals surface area contributed by atoms with Gasteiger partial charge in [-0.1, -0.05) is 36.4 Å². The molecule has 1 N–H and O–H groups in total. The van der Waals surface area contributed by atoms with E-state index in [1.165, 1.54) is 7.11 Å². The van der Waals surface area contributed by atoms with Crippen molar-refractivity contribution in [3.05, 3.63) is 41.5 Å². The molecule has 0 amide bonds. The molecule has 0 saturated carbocycles. The summed E-state index contributed by atoms with van der Waals surface area (Å²) in [5.74, 6) is -0.207. The van der Waals surface area contributed by atoms with E-state index in [1.54, 1.807) is 6.08 Å². The van der Waals surface area contributed by atoms with E-state index in [-0.39, 0.29) is 12.6 Å². The first-order valence-electron chi connectivity index (χ1n) is 5.20. The third-order valence-corrected chi connectivity index (χ3v) is 2.28. The highest BCUT2D eigenvalue weighted by atomic mass is 16.5. The first-order valence-corrected chi connectivity index (χ1v) is 5.20. The van der Waals surface area contributed by atoms with Crippen LogP contribution < -0.4 is 0 Å². The lowest BCUT2D eigenvalue weighted by Crippen LogP contribution is -2.02. The second kappa shape index (κ2) is 6.80. The molecular weight excluding hydrogens is 204 g/mol. The second-order valence-electron chi connectivity index (χ2n) is 3.36. The van der Waals surface area contributed by atoms with E-state index in [0.29, 0.717) is 12.8 Å². The quantitative estimate of drug-likeness (QED) is 0.770. The molecule has 1 rings (SSSR count). The summed E-state index contributed by atoms with van der Waals surface area (Å²) in [7, 11) is 1.39. The molecule has 3 heteroatoms. The average molecular weight is 220 g/mol. The maximum absolute atomic E-state index is 11.0. The standard InChI is InChI=1S/C13H16O3/c1-16-13(15)9-8-12-6-3-2-5-11(12)7-4-10-14/h2-7,14H,8-10H2,1H3. The van der Waals surface area contributed by atoms with Gasteiger partial charge in [0.2, 0.25) is 0 Å². The van der Waals surface area contributed by atoms with Crippen LogP contribution in [0.1, 0.15) is 17.5 Å². The number of aliphatic hydroxyl groups is 1. The predicted molar refractivity (Wildman–Crippen MR) is 62.9 cm³/mol. The Balaban J connectivity index is 2.71. The van der Waals surface area contributed by atoms with Crippen molar-refractivity contribution in [2.24, 2.45) is 0 Å². The molecule has 0 aliphatic heterocycles. The smallest absolute Gasteiger partial charge is 0.305 e. The molecule has 0 saturated heterocycles. The van der Waals surface area contributed by atoms with Gasteiger partial charge in [-0.2, -0.15) is 0 Å². The molecule has 0 spiro atoms. The van der Waals surface area contributed by atoms with Crippen LogP contribution in [-0.4, -0.2) is 24.8 Å². The maximum Gasteiger partial charge on any atom is 0.305 e. The third-order valence-electron chi connectivity index (χ3n) is 2.28. The molecule has 0 heterocycles. The van der Waals surface area contributed by atoms with E-state index in [0.717, 1.165) is 11.1 Å². The summed E-state index contributed by atoms with van der Waals surface area (Å²) in [6, 6.07) is 7.79. The molecule has 16 heavy (non-hydrogen) atoms. The Morgan fingerprint density at radius 1 is 1.44 bits per heavy atom. The molecule has 0 fully saturated rings. The molecule has 86 valence electrons. The Hall–Kier alpha value is -1.61. The van der Waals surface area contributed by atoms with Gasteiger partial charge in [-0.25, -0.2) is 0 Å². The van der Waals surface area contributed by atoms with E-state index in [4.69, 9.17) is 5.11 Å². The zero-order chi connectivity index (χ0) is 11.8. The van der Waals surface area contributed by atoms with Crippen molar-refractivity contribution in [2.75, 3.05) is 13.7 Å². The summed E-state index contributed by atoms with van der Waals surface area (Å²) in [6.07, 6.45) is 4.56. The number of esters is 1. The van der Waals surface area contributed by atoms with Gasteiger partial charge in [0, 0.05) is 6.42 Å². The summed E-state index contributed by atoms with van der Waals surface area (Å²) in [5, 5.41) is 8.71. The van der Waals surface area contributed by atoms with Crippen LogP contribution in [0.25, 0.3) is 6.08 Å². The molecule has 0 unspecified atom stereocenters. The topological polar surface area (TPSA) is 46.5 Å². The van der Waals surface area contributed by atoms with E-state index in [1.807, 2.05) is 30.3 Å². The maximum atomic E-state index is 11.0. The summed E-state index contributed by atoms with van der Waals surface area (Å²) in [4.78, 5) is 11.0. The molecule has 0 radical (unpaired) electrons. The van der Waals surface area contributed by atoms with Crippen molar-refractivity contribution in [1.29, 1.82) is 0 Å². The van der Waals surface area contributed by atoms with Crippen LogP contribution in [0.5, 0.6) is 0 Å². The van der Waals surface area contributed by atoms with Crippen LogP contribution in [-0.2, 0) is 16.0 Å². The lowest BCUT2D eigenvalue weighted by Gasteiger charge is -2.04. The Morgan fingerprint density at radius 3 is 2.88 bits per heavy atom. The molecule has 0 bridgehead atoms. The lowest BCUT2D eigenvalue weighted by atomic mass is 10.0. The molecule has 1 aromatic rings. The molecule has 3 nitrogen and oxygen atoms in total. The number of hydrogen-bond acceptors (Lipinski definition) is 3. The Labute approximate surface area is 95.4 Å². The number of aliphatic hydroxyl groups excluding tert-OH is 1. The number of ether oxygens (including phenoxy) is 1. The fraction of sp³-hybridized carbons (Fsp3) is 0.308. The summed E-state index contributed by atoms with van der Waals surface area (Å²) in [5.41, 5.74) is 2.11. The highest BCUT2D eigenvalue weighted by Crippen LogP contribution is 2.13. The van der Waals surface area contributed by atoms with E-state index in [2.05, 4.69) is 4.74 Å².